The molecule has 2 N–H and O–H groups in total. The Labute approximate surface area is 152 Å². The van der Waals surface area contributed by atoms with Gasteiger partial charge in [0.05, 0.1) is 11.1 Å². The molecule has 0 atom stereocenters. The summed E-state index contributed by atoms with van der Waals surface area (Å²) in [5, 5.41) is 16.7. The third-order valence-electron chi connectivity index (χ3n) is 4.84. The highest BCUT2D eigenvalue weighted by molar-refractivity contribution is 5.52. The van der Waals surface area contributed by atoms with Gasteiger partial charge in [0.1, 0.15) is 5.82 Å². The number of hydrogen-bond acceptors (Lipinski definition) is 6. The zero-order valence-electron chi connectivity index (χ0n) is 14.2. The number of H-pyrrole nitrogens is 1. The van der Waals surface area contributed by atoms with Gasteiger partial charge in [-0.15, -0.1) is 10.2 Å². The van der Waals surface area contributed by atoms with E-state index in [-0.39, 0.29) is 37.4 Å². The topological polar surface area (TPSA) is 92.3 Å². The Morgan fingerprint density at radius 1 is 0.963 bits per heavy atom. The fraction of sp³-hybridized carbons (Fsp3) is 0.353. The van der Waals surface area contributed by atoms with Crippen molar-refractivity contribution in [2.75, 3.05) is 5.32 Å². The molecule has 10 heteroatoms. The second-order valence-electron chi connectivity index (χ2n) is 6.60. The van der Waals surface area contributed by atoms with Crippen LogP contribution in [0.3, 0.4) is 0 Å². The Bertz CT molecular complexity index is 885. The van der Waals surface area contributed by atoms with Crippen LogP contribution in [0, 0.1) is 5.82 Å². The molecule has 1 aliphatic carbocycles. The Morgan fingerprint density at radius 3 is 2.22 bits per heavy atom. The Balaban J connectivity index is 1.62. The van der Waals surface area contributed by atoms with E-state index in [1.54, 1.807) is 12.1 Å². The zero-order chi connectivity index (χ0) is 18.9. The normalized spacial score (nSPS) is 18.2. The van der Waals surface area contributed by atoms with Crippen LogP contribution in [-0.2, 0) is 5.54 Å². The largest absolute Gasteiger partial charge is 0.345 e. The van der Waals surface area contributed by atoms with Crippen LogP contribution in [-0.4, -0.2) is 36.5 Å². The summed E-state index contributed by atoms with van der Waals surface area (Å²) in [5.41, 5.74) is 0.508. The maximum absolute atomic E-state index is 13.7. The highest BCUT2D eigenvalue weighted by atomic mass is 19.3. The lowest BCUT2D eigenvalue weighted by Gasteiger charge is -2.41. The van der Waals surface area contributed by atoms with Crippen LogP contribution < -0.4 is 5.32 Å². The second-order valence-corrected chi connectivity index (χ2v) is 6.60. The molecular formula is C17H16F3N7. The Hall–Kier alpha value is -3.04. The number of anilines is 1. The van der Waals surface area contributed by atoms with Gasteiger partial charge in [-0.3, -0.25) is 0 Å². The summed E-state index contributed by atoms with van der Waals surface area (Å²) in [4.78, 5) is 8.50. The van der Waals surface area contributed by atoms with Gasteiger partial charge in [-0.25, -0.2) is 23.1 Å². The third kappa shape index (κ3) is 3.60. The van der Waals surface area contributed by atoms with Crippen molar-refractivity contribution in [3.63, 3.8) is 0 Å². The first-order chi connectivity index (χ1) is 13.0. The zero-order valence-corrected chi connectivity index (χ0v) is 14.2. The van der Waals surface area contributed by atoms with Crippen molar-refractivity contribution in [2.24, 2.45) is 0 Å². The lowest BCUT2D eigenvalue weighted by atomic mass is 9.75. The smallest absolute Gasteiger partial charge is 0.248 e. The van der Waals surface area contributed by atoms with Crippen molar-refractivity contribution in [3.8, 4) is 11.4 Å². The van der Waals surface area contributed by atoms with E-state index < -0.39 is 11.5 Å². The first kappa shape index (κ1) is 17.4. The minimum atomic E-state index is -2.70. The molecule has 0 spiro atoms. The summed E-state index contributed by atoms with van der Waals surface area (Å²) in [6, 6.07) is 5.87. The highest BCUT2D eigenvalue weighted by Gasteiger charge is 2.44. The lowest BCUT2D eigenvalue weighted by Crippen LogP contribution is -2.43. The number of aromatic amines is 1. The highest BCUT2D eigenvalue weighted by Crippen LogP contribution is 2.45. The number of benzene rings is 1. The number of nitrogens with one attached hydrogen (secondary N) is 2. The molecule has 0 radical (unpaired) electrons. The van der Waals surface area contributed by atoms with Gasteiger partial charge in [0.25, 0.3) is 0 Å². The van der Waals surface area contributed by atoms with E-state index >= 15 is 0 Å². The van der Waals surface area contributed by atoms with E-state index in [0.717, 1.165) is 5.56 Å². The van der Waals surface area contributed by atoms with Crippen LogP contribution >= 0.6 is 0 Å². The van der Waals surface area contributed by atoms with Crippen LogP contribution in [0.4, 0.5) is 19.1 Å². The molecule has 27 heavy (non-hydrogen) atoms. The lowest BCUT2D eigenvalue weighted by molar-refractivity contribution is -0.0486. The van der Waals surface area contributed by atoms with Crippen molar-refractivity contribution in [1.29, 1.82) is 0 Å². The summed E-state index contributed by atoms with van der Waals surface area (Å²) in [6.45, 7) is 0. The van der Waals surface area contributed by atoms with Gasteiger partial charge in [0.2, 0.25) is 17.7 Å². The van der Waals surface area contributed by atoms with Gasteiger partial charge in [-0.05, 0) is 35.8 Å². The number of halogens is 3. The van der Waals surface area contributed by atoms with E-state index in [1.165, 1.54) is 24.5 Å². The summed E-state index contributed by atoms with van der Waals surface area (Å²) in [6.07, 6.45) is 2.88. The molecule has 2 heterocycles. The fourth-order valence-electron chi connectivity index (χ4n) is 3.30. The molecule has 0 aliphatic heterocycles. The minimum absolute atomic E-state index is 0.182. The Morgan fingerprint density at radius 2 is 1.63 bits per heavy atom. The van der Waals surface area contributed by atoms with E-state index in [1.807, 2.05) is 0 Å². The first-order valence-corrected chi connectivity index (χ1v) is 8.44. The molecule has 1 saturated carbocycles. The van der Waals surface area contributed by atoms with E-state index in [0.29, 0.717) is 11.4 Å². The number of aromatic nitrogens is 6. The summed E-state index contributed by atoms with van der Waals surface area (Å²) in [5.74, 6) is -2.44. The molecule has 7 nitrogen and oxygen atoms in total. The van der Waals surface area contributed by atoms with Crippen LogP contribution in [0.5, 0.6) is 0 Å². The van der Waals surface area contributed by atoms with E-state index in [4.69, 9.17) is 0 Å². The maximum atomic E-state index is 13.7. The molecule has 0 unspecified atom stereocenters. The van der Waals surface area contributed by atoms with Gasteiger partial charge in [-0.1, -0.05) is 12.1 Å². The summed E-state index contributed by atoms with van der Waals surface area (Å²) < 4.78 is 40.8. The minimum Gasteiger partial charge on any atom is -0.345 e. The SMILES string of the molecule is Fc1ccc(C2(Nc3ncc(-c4nn[nH]n4)cn3)CCC(F)(F)CC2)cc1. The van der Waals surface area contributed by atoms with Gasteiger partial charge in [0.15, 0.2) is 0 Å². The maximum Gasteiger partial charge on any atom is 0.248 e. The molecule has 1 aromatic carbocycles. The third-order valence-corrected chi connectivity index (χ3v) is 4.84. The number of rotatable bonds is 4. The molecule has 1 fully saturated rings. The van der Waals surface area contributed by atoms with E-state index in [2.05, 4.69) is 35.9 Å². The summed E-state index contributed by atoms with van der Waals surface area (Å²) >= 11 is 0. The molecule has 140 valence electrons. The monoisotopic (exact) mass is 375 g/mol. The Kier molecular flexibility index (Phi) is 4.25. The van der Waals surface area contributed by atoms with Gasteiger partial charge in [-0.2, -0.15) is 5.21 Å². The average molecular weight is 375 g/mol. The van der Waals surface area contributed by atoms with Crippen molar-refractivity contribution < 1.29 is 13.2 Å². The van der Waals surface area contributed by atoms with Crippen LogP contribution in [0.25, 0.3) is 11.4 Å². The van der Waals surface area contributed by atoms with Gasteiger partial charge < -0.3 is 5.32 Å². The van der Waals surface area contributed by atoms with Crippen molar-refractivity contribution >= 4 is 5.95 Å². The van der Waals surface area contributed by atoms with Crippen LogP contribution in [0.1, 0.15) is 31.2 Å². The van der Waals surface area contributed by atoms with Crippen molar-refractivity contribution in [2.45, 2.75) is 37.1 Å². The molecular weight excluding hydrogens is 359 g/mol. The summed E-state index contributed by atoms with van der Waals surface area (Å²) in [7, 11) is 0. The average Bonchev–Trinajstić information content (AvgIpc) is 3.20. The van der Waals surface area contributed by atoms with Gasteiger partial charge >= 0.3 is 0 Å². The predicted octanol–water partition coefficient (Wildman–Crippen LogP) is 3.31. The molecule has 0 amide bonds. The second kappa shape index (κ2) is 6.60. The molecule has 2 aromatic heterocycles. The van der Waals surface area contributed by atoms with E-state index in [9.17, 15) is 13.2 Å². The number of tetrazole rings is 1. The standard InChI is InChI=1S/C17H16F3N7/c18-13-3-1-12(2-4-13)16(5-7-17(19,20)8-6-16)23-15-21-9-11(10-22-15)14-24-26-27-25-14/h1-4,9-10H,5-8H2,(H,21,22,23)(H,24,25,26,27). The number of nitrogens with zero attached hydrogens (tertiary/aromatic N) is 5. The number of hydrogen-bond donors (Lipinski definition) is 2. The van der Waals surface area contributed by atoms with Crippen molar-refractivity contribution in [3.05, 3.63) is 48.0 Å². The molecule has 0 bridgehead atoms. The molecule has 3 aromatic rings. The molecule has 4 rings (SSSR count). The quantitative estimate of drug-likeness (QED) is 0.727. The fourth-order valence-corrected chi connectivity index (χ4v) is 3.30. The first-order valence-electron chi connectivity index (χ1n) is 8.44. The van der Waals surface area contributed by atoms with Gasteiger partial charge in [0, 0.05) is 25.2 Å². The van der Waals surface area contributed by atoms with Crippen molar-refractivity contribution in [1.82, 2.24) is 30.6 Å². The van der Waals surface area contributed by atoms with Crippen LogP contribution in [0.2, 0.25) is 0 Å². The van der Waals surface area contributed by atoms with Crippen LogP contribution in [0.15, 0.2) is 36.7 Å². The predicted molar refractivity (Wildman–Crippen MR) is 90.3 cm³/mol. The number of alkyl halides is 2. The molecule has 0 saturated heterocycles. The molecule has 1 aliphatic rings.